The van der Waals surface area contributed by atoms with Crippen LogP contribution in [0.5, 0.6) is 0 Å². The fraction of sp³-hybridized carbons (Fsp3) is 0.438. The van der Waals surface area contributed by atoms with E-state index in [1.165, 1.54) is 16.2 Å². The van der Waals surface area contributed by atoms with Crippen LogP contribution in [0.4, 0.5) is 10.5 Å². The van der Waals surface area contributed by atoms with Gasteiger partial charge in [0.15, 0.2) is 0 Å². The lowest BCUT2D eigenvalue weighted by atomic mass is 9.93. The van der Waals surface area contributed by atoms with E-state index in [9.17, 15) is 14.4 Å². The summed E-state index contributed by atoms with van der Waals surface area (Å²) >= 11 is 0. The molecule has 4 amide bonds. The molecule has 3 rings (SSSR count). The van der Waals surface area contributed by atoms with Gasteiger partial charge in [0.1, 0.15) is 13.1 Å². The topological polar surface area (TPSA) is 81.8 Å². The summed E-state index contributed by atoms with van der Waals surface area (Å²) in [5.74, 6) is -0.280. The second kappa shape index (κ2) is 6.28. The van der Waals surface area contributed by atoms with Gasteiger partial charge in [-0.1, -0.05) is 18.2 Å². The zero-order valence-electron chi connectivity index (χ0n) is 13.0. The maximum Gasteiger partial charge on any atom is 0.325 e. The molecule has 0 aliphatic carbocycles. The number of anilines is 1. The second-order valence-electron chi connectivity index (χ2n) is 6.09. The van der Waals surface area contributed by atoms with Crippen molar-refractivity contribution in [3.05, 3.63) is 29.8 Å². The predicted molar refractivity (Wildman–Crippen MR) is 85.0 cm³/mol. The van der Waals surface area contributed by atoms with Gasteiger partial charge in [-0.2, -0.15) is 0 Å². The molecule has 0 saturated carbocycles. The molecule has 0 aromatic heterocycles. The summed E-state index contributed by atoms with van der Waals surface area (Å²) < 4.78 is 0. The number of amides is 4. The van der Waals surface area contributed by atoms with Crippen LogP contribution in [0.15, 0.2) is 24.3 Å². The molecule has 0 spiro atoms. The highest BCUT2D eigenvalue weighted by Crippen LogP contribution is 2.27. The quantitative estimate of drug-likeness (QED) is 0.764. The highest BCUT2D eigenvalue weighted by molar-refractivity contribution is 6.03. The van der Waals surface area contributed by atoms with Crippen LogP contribution >= 0.6 is 0 Å². The van der Waals surface area contributed by atoms with Crippen LogP contribution in [0.25, 0.3) is 0 Å². The van der Waals surface area contributed by atoms with Crippen molar-refractivity contribution in [2.45, 2.75) is 6.42 Å². The van der Waals surface area contributed by atoms with Gasteiger partial charge in [0, 0.05) is 25.8 Å². The zero-order chi connectivity index (χ0) is 16.4. The molecule has 2 aliphatic heterocycles. The van der Waals surface area contributed by atoms with E-state index in [1.54, 1.807) is 0 Å². The molecule has 2 N–H and O–H groups in total. The monoisotopic (exact) mass is 316 g/mol. The van der Waals surface area contributed by atoms with Crippen molar-refractivity contribution in [1.82, 2.24) is 15.5 Å². The van der Waals surface area contributed by atoms with Gasteiger partial charge in [0.2, 0.25) is 11.8 Å². The first-order chi connectivity index (χ1) is 11.0. The van der Waals surface area contributed by atoms with Crippen molar-refractivity contribution in [2.24, 2.45) is 5.92 Å². The molecule has 23 heavy (non-hydrogen) atoms. The first-order valence-corrected chi connectivity index (χ1v) is 7.67. The molecule has 1 fully saturated rings. The minimum atomic E-state index is -0.503. The van der Waals surface area contributed by atoms with E-state index < -0.39 is 6.03 Å². The van der Waals surface area contributed by atoms with Crippen LogP contribution in [-0.4, -0.2) is 56.0 Å². The van der Waals surface area contributed by atoms with Gasteiger partial charge in [0.25, 0.3) is 0 Å². The molecule has 1 unspecified atom stereocenters. The first-order valence-electron chi connectivity index (χ1n) is 7.67. The molecule has 0 radical (unpaired) electrons. The summed E-state index contributed by atoms with van der Waals surface area (Å²) in [6.07, 6.45) is 0.920. The van der Waals surface area contributed by atoms with Crippen LogP contribution < -0.4 is 15.5 Å². The maximum absolute atomic E-state index is 12.0. The van der Waals surface area contributed by atoms with Gasteiger partial charge in [0.05, 0.1) is 0 Å². The summed E-state index contributed by atoms with van der Waals surface area (Å²) in [6, 6.07) is 7.76. The van der Waals surface area contributed by atoms with Crippen LogP contribution in [0.2, 0.25) is 0 Å². The molecule has 122 valence electrons. The van der Waals surface area contributed by atoms with Crippen molar-refractivity contribution in [2.75, 3.05) is 38.1 Å². The van der Waals surface area contributed by atoms with Gasteiger partial charge in [-0.05, 0) is 24.0 Å². The summed E-state index contributed by atoms with van der Waals surface area (Å²) in [5.41, 5.74) is 2.52. The van der Waals surface area contributed by atoms with Crippen LogP contribution in [0.1, 0.15) is 5.56 Å². The zero-order valence-corrected chi connectivity index (χ0v) is 13.0. The van der Waals surface area contributed by atoms with E-state index >= 15 is 0 Å². The molecular weight excluding hydrogens is 296 g/mol. The third-order valence-electron chi connectivity index (χ3n) is 4.23. The molecule has 0 bridgehead atoms. The SMILES string of the molecule is CN1CC(CNC(=O)CN2CC(=O)NC2=O)Cc2ccccc21. The molecule has 2 heterocycles. The number of urea groups is 1. The van der Waals surface area contributed by atoms with Gasteiger partial charge in [-0.3, -0.25) is 14.9 Å². The van der Waals surface area contributed by atoms with Crippen molar-refractivity contribution in [3.8, 4) is 0 Å². The smallest absolute Gasteiger partial charge is 0.325 e. The average Bonchev–Trinajstić information content (AvgIpc) is 2.83. The molecule has 7 heteroatoms. The highest BCUT2D eigenvalue weighted by atomic mass is 16.2. The number of carbonyl (C=O) groups excluding carboxylic acids is 3. The number of hydrogen-bond donors (Lipinski definition) is 2. The van der Waals surface area contributed by atoms with E-state index in [4.69, 9.17) is 0 Å². The van der Waals surface area contributed by atoms with E-state index in [-0.39, 0.29) is 24.9 Å². The summed E-state index contributed by atoms with van der Waals surface area (Å²) in [6.45, 7) is 1.30. The summed E-state index contributed by atoms with van der Waals surface area (Å²) in [7, 11) is 2.05. The van der Waals surface area contributed by atoms with E-state index in [0.29, 0.717) is 12.5 Å². The third-order valence-corrected chi connectivity index (χ3v) is 4.23. The molecule has 1 saturated heterocycles. The predicted octanol–water partition coefficient (Wildman–Crippen LogP) is -0.0369. The number of imide groups is 1. The Kier molecular flexibility index (Phi) is 4.18. The molecular formula is C16H20N4O3. The molecule has 1 aromatic rings. The summed E-state index contributed by atoms with van der Waals surface area (Å²) in [4.78, 5) is 37.9. The number of carbonyl (C=O) groups is 3. The Labute approximate surface area is 134 Å². The normalized spacial score (nSPS) is 20.3. The highest BCUT2D eigenvalue weighted by Gasteiger charge is 2.28. The Bertz CT molecular complexity index is 646. The Morgan fingerprint density at radius 1 is 1.35 bits per heavy atom. The van der Waals surface area contributed by atoms with Gasteiger partial charge in [-0.25, -0.2) is 4.79 Å². The lowest BCUT2D eigenvalue weighted by Crippen LogP contribution is -2.43. The van der Waals surface area contributed by atoms with Gasteiger partial charge >= 0.3 is 6.03 Å². The lowest BCUT2D eigenvalue weighted by molar-refractivity contribution is -0.122. The Morgan fingerprint density at radius 2 is 2.13 bits per heavy atom. The fourth-order valence-corrected chi connectivity index (χ4v) is 3.15. The van der Waals surface area contributed by atoms with Crippen LogP contribution in [-0.2, 0) is 16.0 Å². The van der Waals surface area contributed by atoms with Crippen LogP contribution in [0, 0.1) is 5.92 Å². The van der Waals surface area contributed by atoms with Crippen molar-refractivity contribution in [3.63, 3.8) is 0 Å². The second-order valence-corrected chi connectivity index (χ2v) is 6.09. The fourth-order valence-electron chi connectivity index (χ4n) is 3.15. The number of rotatable bonds is 4. The van der Waals surface area contributed by atoms with Gasteiger partial charge in [-0.15, -0.1) is 0 Å². The number of fused-ring (bicyclic) bond motifs is 1. The Balaban J connectivity index is 1.50. The first kappa shape index (κ1) is 15.3. The Morgan fingerprint density at radius 3 is 2.87 bits per heavy atom. The van der Waals surface area contributed by atoms with Crippen molar-refractivity contribution in [1.29, 1.82) is 0 Å². The molecule has 1 aromatic carbocycles. The summed E-state index contributed by atoms with van der Waals surface area (Å²) in [5, 5.41) is 5.02. The third kappa shape index (κ3) is 3.44. The maximum atomic E-state index is 12.0. The minimum absolute atomic E-state index is 0.0498. The van der Waals surface area contributed by atoms with E-state index in [1.807, 2.05) is 19.2 Å². The molecule has 2 aliphatic rings. The number of para-hydroxylation sites is 1. The Hall–Kier alpha value is -2.57. The number of nitrogens with zero attached hydrogens (tertiary/aromatic N) is 2. The molecule has 1 atom stereocenters. The minimum Gasteiger partial charge on any atom is -0.374 e. The van der Waals surface area contributed by atoms with Crippen LogP contribution in [0.3, 0.4) is 0 Å². The largest absolute Gasteiger partial charge is 0.374 e. The van der Waals surface area contributed by atoms with Crippen molar-refractivity contribution >= 4 is 23.5 Å². The number of hydrogen-bond acceptors (Lipinski definition) is 4. The number of benzene rings is 1. The van der Waals surface area contributed by atoms with Gasteiger partial charge < -0.3 is 15.1 Å². The number of nitrogens with one attached hydrogen (secondary N) is 2. The molecule has 7 nitrogen and oxygen atoms in total. The van der Waals surface area contributed by atoms with Crippen molar-refractivity contribution < 1.29 is 14.4 Å². The standard InChI is InChI=1S/C16H20N4O3/c1-19-8-11(6-12-4-2-3-5-13(12)19)7-17-14(21)9-20-10-15(22)18-16(20)23/h2-5,11H,6-10H2,1H3,(H,17,21)(H,18,22,23). The lowest BCUT2D eigenvalue weighted by Gasteiger charge is -2.33. The van der Waals surface area contributed by atoms with E-state index in [0.717, 1.165) is 13.0 Å². The average molecular weight is 316 g/mol. The van der Waals surface area contributed by atoms with E-state index in [2.05, 4.69) is 27.7 Å².